The summed E-state index contributed by atoms with van der Waals surface area (Å²) in [4.78, 5) is 11.2. The lowest BCUT2D eigenvalue weighted by Gasteiger charge is -2.09. The molecule has 0 aliphatic heterocycles. The van der Waals surface area contributed by atoms with Crippen LogP contribution in [0.25, 0.3) is 0 Å². The van der Waals surface area contributed by atoms with Gasteiger partial charge in [-0.05, 0) is 31.5 Å². The molecule has 0 radical (unpaired) electrons. The quantitative estimate of drug-likeness (QED) is 0.819. The Hall–Kier alpha value is -1.40. The first-order valence-corrected chi connectivity index (χ1v) is 7.16. The molecular formula is C12H17NO4S. The fourth-order valence-electron chi connectivity index (χ4n) is 1.48. The molecule has 0 aliphatic carbocycles. The van der Waals surface area contributed by atoms with Crippen molar-refractivity contribution in [1.82, 2.24) is 4.72 Å². The van der Waals surface area contributed by atoms with Crippen LogP contribution in [0.15, 0.2) is 24.3 Å². The minimum absolute atomic E-state index is 0.105. The molecule has 0 saturated carbocycles. The van der Waals surface area contributed by atoms with Crippen molar-refractivity contribution in [2.45, 2.75) is 25.6 Å². The van der Waals surface area contributed by atoms with Gasteiger partial charge in [-0.3, -0.25) is 0 Å². The third-order valence-electron chi connectivity index (χ3n) is 2.15. The summed E-state index contributed by atoms with van der Waals surface area (Å²) in [7, 11) is -2.04. The lowest BCUT2D eigenvalue weighted by atomic mass is 10.1. The van der Waals surface area contributed by atoms with Crippen LogP contribution < -0.4 is 4.72 Å². The first-order chi connectivity index (χ1) is 8.34. The molecule has 0 aromatic heterocycles. The summed E-state index contributed by atoms with van der Waals surface area (Å²) in [5.74, 6) is -0.545. The van der Waals surface area contributed by atoms with Gasteiger partial charge in [0.25, 0.3) is 0 Å². The number of esters is 1. The summed E-state index contributed by atoms with van der Waals surface area (Å²) in [5.41, 5.74) is 1.02. The van der Waals surface area contributed by atoms with Gasteiger partial charge in [0.1, 0.15) is 0 Å². The van der Waals surface area contributed by atoms with Gasteiger partial charge in [0.15, 0.2) is 0 Å². The Kier molecular flexibility index (Phi) is 4.86. The van der Waals surface area contributed by atoms with Crippen molar-refractivity contribution in [3.05, 3.63) is 35.4 Å². The molecule has 0 fully saturated rings. The van der Waals surface area contributed by atoms with Gasteiger partial charge in [-0.2, -0.15) is 0 Å². The van der Waals surface area contributed by atoms with Crippen molar-refractivity contribution in [1.29, 1.82) is 0 Å². The Morgan fingerprint density at radius 3 is 2.28 bits per heavy atom. The topological polar surface area (TPSA) is 72.5 Å². The van der Waals surface area contributed by atoms with Crippen molar-refractivity contribution in [2.24, 2.45) is 0 Å². The van der Waals surface area contributed by atoms with Crippen LogP contribution in [-0.2, 0) is 20.5 Å². The number of carbonyl (C=O) groups is 1. The SMILES string of the molecule is COC(=O)c1ccc(CS(=O)(=O)NC(C)C)cc1. The average Bonchev–Trinajstić information content (AvgIpc) is 2.26. The first-order valence-electron chi connectivity index (χ1n) is 5.51. The molecule has 1 N–H and O–H groups in total. The minimum atomic E-state index is -3.34. The van der Waals surface area contributed by atoms with Gasteiger partial charge in [-0.1, -0.05) is 12.1 Å². The van der Waals surface area contributed by atoms with E-state index in [-0.39, 0.29) is 11.8 Å². The van der Waals surface area contributed by atoms with E-state index in [9.17, 15) is 13.2 Å². The Morgan fingerprint density at radius 2 is 1.83 bits per heavy atom. The van der Waals surface area contributed by atoms with E-state index in [2.05, 4.69) is 9.46 Å². The van der Waals surface area contributed by atoms with Crippen molar-refractivity contribution in [2.75, 3.05) is 7.11 Å². The molecule has 1 aromatic rings. The predicted molar refractivity (Wildman–Crippen MR) is 68.7 cm³/mol. The second kappa shape index (κ2) is 5.97. The fraction of sp³-hybridized carbons (Fsp3) is 0.417. The second-order valence-corrected chi connectivity index (χ2v) is 5.97. The molecule has 100 valence electrons. The zero-order chi connectivity index (χ0) is 13.8. The van der Waals surface area contributed by atoms with Gasteiger partial charge in [0.2, 0.25) is 10.0 Å². The van der Waals surface area contributed by atoms with Gasteiger partial charge in [0, 0.05) is 6.04 Å². The van der Waals surface area contributed by atoms with E-state index >= 15 is 0 Å². The molecule has 6 heteroatoms. The fourth-order valence-corrected chi connectivity index (χ4v) is 2.91. The third kappa shape index (κ3) is 4.46. The normalized spacial score (nSPS) is 11.6. The number of benzene rings is 1. The highest BCUT2D eigenvalue weighted by Crippen LogP contribution is 2.09. The van der Waals surface area contributed by atoms with Crippen molar-refractivity contribution < 1.29 is 17.9 Å². The number of rotatable bonds is 5. The monoisotopic (exact) mass is 271 g/mol. The number of hydrogen-bond acceptors (Lipinski definition) is 4. The van der Waals surface area contributed by atoms with E-state index in [1.165, 1.54) is 7.11 Å². The van der Waals surface area contributed by atoms with E-state index < -0.39 is 16.0 Å². The van der Waals surface area contributed by atoms with E-state index in [1.807, 2.05) is 0 Å². The zero-order valence-electron chi connectivity index (χ0n) is 10.6. The summed E-state index contributed by atoms with van der Waals surface area (Å²) < 4.78 is 30.4. The van der Waals surface area contributed by atoms with Gasteiger partial charge in [0.05, 0.1) is 18.4 Å². The second-order valence-electron chi connectivity index (χ2n) is 4.22. The lowest BCUT2D eigenvalue weighted by molar-refractivity contribution is 0.0600. The first kappa shape index (κ1) is 14.7. The molecular weight excluding hydrogens is 254 g/mol. The molecule has 0 aliphatic rings. The number of carbonyl (C=O) groups excluding carboxylic acids is 1. The van der Waals surface area contributed by atoms with Gasteiger partial charge in [-0.25, -0.2) is 17.9 Å². The van der Waals surface area contributed by atoms with Gasteiger partial charge < -0.3 is 4.74 Å². The molecule has 0 spiro atoms. The standard InChI is InChI=1S/C12H17NO4S/c1-9(2)13-18(15,16)8-10-4-6-11(7-5-10)12(14)17-3/h4-7,9,13H,8H2,1-3H3. The van der Waals surface area contributed by atoms with Crippen LogP contribution in [0.2, 0.25) is 0 Å². The van der Waals surface area contributed by atoms with Crippen LogP contribution in [0, 0.1) is 0 Å². The van der Waals surface area contributed by atoms with E-state index in [0.717, 1.165) is 0 Å². The largest absolute Gasteiger partial charge is 0.465 e. The van der Waals surface area contributed by atoms with Crippen molar-refractivity contribution in [3.8, 4) is 0 Å². The minimum Gasteiger partial charge on any atom is -0.465 e. The molecule has 0 heterocycles. The van der Waals surface area contributed by atoms with Gasteiger partial charge >= 0.3 is 5.97 Å². The number of sulfonamides is 1. The molecule has 0 bridgehead atoms. The molecule has 0 saturated heterocycles. The molecule has 0 atom stereocenters. The summed E-state index contributed by atoms with van der Waals surface area (Å²) >= 11 is 0. The molecule has 0 unspecified atom stereocenters. The Balaban J connectivity index is 2.78. The van der Waals surface area contributed by atoms with Crippen LogP contribution in [0.1, 0.15) is 29.8 Å². The lowest BCUT2D eigenvalue weighted by Crippen LogP contribution is -2.31. The van der Waals surface area contributed by atoms with Crippen LogP contribution in [0.4, 0.5) is 0 Å². The van der Waals surface area contributed by atoms with Crippen molar-refractivity contribution >= 4 is 16.0 Å². The van der Waals surface area contributed by atoms with E-state index in [1.54, 1.807) is 38.1 Å². The highest BCUT2D eigenvalue weighted by atomic mass is 32.2. The van der Waals surface area contributed by atoms with Crippen LogP contribution in [0.3, 0.4) is 0 Å². The summed E-state index contributed by atoms with van der Waals surface area (Å²) in [6.45, 7) is 3.52. The average molecular weight is 271 g/mol. The maximum atomic E-state index is 11.7. The number of nitrogens with one attached hydrogen (secondary N) is 1. The molecule has 0 amide bonds. The predicted octanol–water partition coefficient (Wildman–Crippen LogP) is 1.30. The molecule has 5 nitrogen and oxygen atoms in total. The Bertz CT molecular complexity index is 505. The Morgan fingerprint density at radius 1 is 1.28 bits per heavy atom. The summed E-state index contributed by atoms with van der Waals surface area (Å²) in [6.07, 6.45) is 0. The van der Waals surface area contributed by atoms with Gasteiger partial charge in [-0.15, -0.1) is 0 Å². The van der Waals surface area contributed by atoms with E-state index in [0.29, 0.717) is 11.1 Å². The number of methoxy groups -OCH3 is 1. The maximum absolute atomic E-state index is 11.7. The van der Waals surface area contributed by atoms with E-state index in [4.69, 9.17) is 0 Å². The third-order valence-corrected chi connectivity index (χ3v) is 3.69. The Labute approximate surface area is 107 Å². The zero-order valence-corrected chi connectivity index (χ0v) is 11.5. The molecule has 18 heavy (non-hydrogen) atoms. The van der Waals surface area contributed by atoms with Crippen LogP contribution in [-0.4, -0.2) is 27.5 Å². The molecule has 1 aromatic carbocycles. The highest BCUT2D eigenvalue weighted by Gasteiger charge is 2.13. The summed E-state index contributed by atoms with van der Waals surface area (Å²) in [5, 5.41) is 0. The van der Waals surface area contributed by atoms with Crippen molar-refractivity contribution in [3.63, 3.8) is 0 Å². The molecule has 1 rings (SSSR count). The van der Waals surface area contributed by atoms with Crippen LogP contribution in [0.5, 0.6) is 0 Å². The smallest absolute Gasteiger partial charge is 0.337 e. The maximum Gasteiger partial charge on any atom is 0.337 e. The number of hydrogen-bond donors (Lipinski definition) is 1. The van der Waals surface area contributed by atoms with Crippen LogP contribution >= 0.6 is 0 Å². The number of ether oxygens (including phenoxy) is 1. The highest BCUT2D eigenvalue weighted by molar-refractivity contribution is 7.88. The summed E-state index contributed by atoms with van der Waals surface area (Å²) in [6, 6.07) is 6.17.